The molecule has 0 unspecified atom stereocenters. The molecule has 0 rings (SSSR count). The van der Waals surface area contributed by atoms with Gasteiger partial charge < -0.3 is 14.7 Å². The molecule has 0 amide bonds. The second-order valence-corrected chi connectivity index (χ2v) is 1.54. The van der Waals surface area contributed by atoms with Gasteiger partial charge in [0.1, 0.15) is 0 Å². The number of halogens is 1. The van der Waals surface area contributed by atoms with E-state index in [1.165, 1.54) is 0 Å². The standard InChI is InChI=1S/FH.Fe.Li.H3O4P.H/c;;;1-5(2,3)4;/h1H;;;(H3,1,2,3,4);. The van der Waals surface area contributed by atoms with Crippen molar-refractivity contribution < 1.29 is 41.0 Å². The van der Waals surface area contributed by atoms with E-state index in [1.54, 1.807) is 0 Å². The van der Waals surface area contributed by atoms with Crippen molar-refractivity contribution in [2.75, 3.05) is 0 Å². The molecule has 0 radical (unpaired) electrons. The summed E-state index contributed by atoms with van der Waals surface area (Å²) < 4.78 is 8.88. The topological polar surface area (TPSA) is 77.8 Å². The van der Waals surface area contributed by atoms with Gasteiger partial charge in [-0.3, -0.25) is 4.70 Å². The van der Waals surface area contributed by atoms with Crippen LogP contribution >= 0.6 is 7.82 Å². The summed E-state index contributed by atoms with van der Waals surface area (Å²) in [6.45, 7) is 0. The van der Waals surface area contributed by atoms with Crippen molar-refractivity contribution in [2.45, 2.75) is 0 Å². The van der Waals surface area contributed by atoms with Crippen LogP contribution < -0.4 is 0 Å². The first-order valence-electron chi connectivity index (χ1n) is 0.783. The molecule has 0 saturated carbocycles. The Kier molecular flexibility index (Phi) is 23.4. The van der Waals surface area contributed by atoms with Crippen molar-refractivity contribution in [3.63, 3.8) is 0 Å². The molecule has 8 heavy (non-hydrogen) atoms. The molecule has 3 N–H and O–H groups in total. The summed E-state index contributed by atoms with van der Waals surface area (Å²) >= 11 is 0. The van der Waals surface area contributed by atoms with E-state index >= 15 is 0 Å². The third kappa shape index (κ3) is 203. The predicted octanol–water partition coefficient (Wildman–Crippen LogP) is -1.43. The molecule has 4 nitrogen and oxygen atoms in total. The Morgan fingerprint density at radius 3 is 1.12 bits per heavy atom. The third-order valence-electron chi connectivity index (χ3n) is 0. The van der Waals surface area contributed by atoms with Crippen LogP contribution in [0.1, 0.15) is 0 Å². The molecule has 0 aromatic heterocycles. The van der Waals surface area contributed by atoms with Crippen molar-refractivity contribution in [3.05, 3.63) is 0 Å². The summed E-state index contributed by atoms with van der Waals surface area (Å²) in [6, 6.07) is 0. The van der Waals surface area contributed by atoms with Crippen molar-refractivity contribution in [2.24, 2.45) is 0 Å². The van der Waals surface area contributed by atoms with Crippen LogP contribution in [-0.4, -0.2) is 33.5 Å². The molecule has 0 spiro atoms. The summed E-state index contributed by atoms with van der Waals surface area (Å²) in [5.41, 5.74) is 0. The van der Waals surface area contributed by atoms with Gasteiger partial charge in [-0.15, -0.1) is 0 Å². The Morgan fingerprint density at radius 2 is 1.12 bits per heavy atom. The van der Waals surface area contributed by atoms with Gasteiger partial charge in [0.15, 0.2) is 0 Å². The summed E-state index contributed by atoms with van der Waals surface area (Å²) in [6.07, 6.45) is 0. The van der Waals surface area contributed by atoms with E-state index in [-0.39, 0.29) is 40.6 Å². The van der Waals surface area contributed by atoms with Crippen LogP contribution in [0.5, 0.6) is 0 Å². The molecular formula is H5FFeLiO4P. The van der Waals surface area contributed by atoms with Gasteiger partial charge in [0.2, 0.25) is 0 Å². The van der Waals surface area contributed by atoms with Gasteiger partial charge in [-0.25, -0.2) is 4.57 Å². The zero-order valence-electron chi connectivity index (χ0n) is 2.96. The average Bonchev–Trinajstić information content (AvgIpc) is 0.722. The number of phosphoric acid groups is 1. The van der Waals surface area contributed by atoms with Crippen molar-refractivity contribution in [1.29, 1.82) is 0 Å². The van der Waals surface area contributed by atoms with Crippen LogP contribution in [0.4, 0.5) is 4.70 Å². The second kappa shape index (κ2) is 8.16. The third-order valence-corrected chi connectivity index (χ3v) is 0. The number of hydrogen-bond donors (Lipinski definition) is 3. The van der Waals surface area contributed by atoms with Gasteiger partial charge in [-0.05, 0) is 0 Å². The first-order chi connectivity index (χ1) is 2.00. The van der Waals surface area contributed by atoms with E-state index in [0.717, 1.165) is 0 Å². The number of hydrogen-bond acceptors (Lipinski definition) is 1. The zero-order chi connectivity index (χ0) is 4.50. The summed E-state index contributed by atoms with van der Waals surface area (Å²) in [5, 5.41) is 0. The first kappa shape index (κ1) is 22.9. The fourth-order valence-corrected chi connectivity index (χ4v) is 0. The molecule has 0 aliphatic carbocycles. The van der Waals surface area contributed by atoms with E-state index < -0.39 is 7.82 Å². The van der Waals surface area contributed by atoms with Crippen molar-refractivity contribution >= 4 is 26.7 Å². The minimum atomic E-state index is -4.64. The molecule has 0 fully saturated rings. The van der Waals surface area contributed by atoms with Gasteiger partial charge in [0, 0.05) is 17.1 Å². The molecule has 0 aliphatic heterocycles. The van der Waals surface area contributed by atoms with E-state index in [2.05, 4.69) is 0 Å². The molecule has 50 valence electrons. The van der Waals surface area contributed by atoms with Gasteiger partial charge >= 0.3 is 26.7 Å². The molecule has 0 bridgehead atoms. The van der Waals surface area contributed by atoms with Gasteiger partial charge in [0.25, 0.3) is 0 Å². The Morgan fingerprint density at radius 1 is 1.12 bits per heavy atom. The zero-order valence-corrected chi connectivity index (χ0v) is 4.96. The number of rotatable bonds is 0. The van der Waals surface area contributed by atoms with E-state index in [1.807, 2.05) is 0 Å². The van der Waals surface area contributed by atoms with Gasteiger partial charge in [0.05, 0.1) is 0 Å². The Balaban J connectivity index is -0.0000000267. The average molecular weight is 182 g/mol. The molecular weight excluding hydrogens is 177 g/mol. The second-order valence-electron chi connectivity index (χ2n) is 0.513. The quantitative estimate of drug-likeness (QED) is 0.317. The summed E-state index contributed by atoms with van der Waals surface area (Å²) in [7, 11) is -4.64. The van der Waals surface area contributed by atoms with Crippen molar-refractivity contribution in [1.82, 2.24) is 0 Å². The van der Waals surface area contributed by atoms with Crippen LogP contribution in [0.2, 0.25) is 0 Å². The van der Waals surface area contributed by atoms with Crippen LogP contribution in [0.25, 0.3) is 0 Å². The molecule has 0 saturated heterocycles. The molecule has 0 aromatic rings. The van der Waals surface area contributed by atoms with Crippen molar-refractivity contribution in [3.8, 4) is 0 Å². The summed E-state index contributed by atoms with van der Waals surface area (Å²) in [4.78, 5) is 21.6. The van der Waals surface area contributed by atoms with Gasteiger partial charge in [-0.1, -0.05) is 0 Å². The molecule has 0 aromatic carbocycles. The Hall–Kier alpha value is 1.16. The van der Waals surface area contributed by atoms with Crippen LogP contribution in [0, 0.1) is 0 Å². The molecule has 0 heterocycles. The molecule has 0 aliphatic rings. The van der Waals surface area contributed by atoms with Crippen LogP contribution in [-0.2, 0) is 21.6 Å². The Bertz CT molecular complexity index is 62.2. The fourth-order valence-electron chi connectivity index (χ4n) is 0. The van der Waals surface area contributed by atoms with Gasteiger partial charge in [-0.2, -0.15) is 0 Å². The molecule has 0 atom stereocenters. The van der Waals surface area contributed by atoms with Crippen LogP contribution in [0.3, 0.4) is 0 Å². The van der Waals surface area contributed by atoms with E-state index in [4.69, 9.17) is 19.2 Å². The monoisotopic (exact) mass is 182 g/mol. The first-order valence-corrected chi connectivity index (χ1v) is 2.35. The maximum absolute atomic E-state index is 8.88. The maximum atomic E-state index is 8.88. The SMILES string of the molecule is F.O=P(O)(O)O.[Fe].[LiH]. The Labute approximate surface area is 67.9 Å². The van der Waals surface area contributed by atoms with E-state index in [0.29, 0.717) is 0 Å². The normalized spacial score (nSPS) is 7.38. The van der Waals surface area contributed by atoms with E-state index in [9.17, 15) is 0 Å². The minimum absolute atomic E-state index is 0. The fraction of sp³-hybridized carbons (Fsp3) is 0. The molecule has 8 heteroatoms. The van der Waals surface area contributed by atoms with Crippen LogP contribution in [0.15, 0.2) is 0 Å². The summed E-state index contributed by atoms with van der Waals surface area (Å²) in [5.74, 6) is 0. The predicted molar refractivity (Wildman–Crippen MR) is 23.9 cm³/mol.